The van der Waals surface area contributed by atoms with E-state index in [2.05, 4.69) is 26.6 Å². The van der Waals surface area contributed by atoms with Crippen molar-refractivity contribution >= 4 is 55.1 Å². The molecule has 0 aliphatic rings. The first-order valence-electron chi connectivity index (χ1n) is 10.8. The predicted molar refractivity (Wildman–Crippen MR) is 139 cm³/mol. The lowest BCUT2D eigenvalue weighted by atomic mass is 10.1. The van der Waals surface area contributed by atoms with Crippen LogP contribution in [0.25, 0.3) is 44.7 Å². The highest BCUT2D eigenvalue weighted by Crippen LogP contribution is 2.36. The molecular formula is C27H17BrN4O3. The van der Waals surface area contributed by atoms with Crippen LogP contribution in [0.2, 0.25) is 0 Å². The van der Waals surface area contributed by atoms with Crippen molar-refractivity contribution in [3.05, 3.63) is 95.9 Å². The van der Waals surface area contributed by atoms with Gasteiger partial charge in [-0.1, -0.05) is 40.2 Å². The van der Waals surface area contributed by atoms with E-state index in [9.17, 15) is 4.79 Å². The van der Waals surface area contributed by atoms with Crippen LogP contribution < -0.4 is 10.6 Å². The maximum atomic E-state index is 12.8. The number of benzene rings is 3. The molecule has 0 aliphatic carbocycles. The monoisotopic (exact) mass is 524 g/mol. The van der Waals surface area contributed by atoms with Gasteiger partial charge in [-0.2, -0.15) is 0 Å². The second kappa shape index (κ2) is 8.73. The Kier molecular flexibility index (Phi) is 5.27. The summed E-state index contributed by atoms with van der Waals surface area (Å²) in [6.45, 7) is 0. The summed E-state index contributed by atoms with van der Waals surface area (Å²) < 4.78 is 12.2. The van der Waals surface area contributed by atoms with E-state index in [-0.39, 0.29) is 6.03 Å². The number of furan rings is 2. The molecule has 0 unspecified atom stereocenters. The summed E-state index contributed by atoms with van der Waals surface area (Å²) in [6, 6.07) is 23.9. The fourth-order valence-corrected chi connectivity index (χ4v) is 4.24. The zero-order valence-electron chi connectivity index (χ0n) is 18.2. The van der Waals surface area contributed by atoms with Crippen LogP contribution in [0.15, 0.2) is 105 Å². The molecule has 0 fully saturated rings. The van der Waals surface area contributed by atoms with Crippen LogP contribution >= 0.6 is 15.9 Å². The molecule has 0 saturated heterocycles. The lowest BCUT2D eigenvalue weighted by Crippen LogP contribution is -2.19. The number of rotatable bonds is 4. The number of nitrogens with zero attached hydrogens (tertiary/aromatic N) is 2. The standard InChI is InChI=1S/C27H17BrN4O3/c28-16-9-11-17(12-10-16)29-27(33)31-20-15-21-24(19-6-2-1-5-18(19)20)32-26(23-8-4-14-35-23)25(30-21)22-7-3-13-34-22/h1-15H,(H2,29,31,33). The van der Waals surface area contributed by atoms with Crippen molar-refractivity contribution in [2.45, 2.75) is 0 Å². The van der Waals surface area contributed by atoms with Crippen molar-refractivity contribution in [3.8, 4) is 22.9 Å². The zero-order chi connectivity index (χ0) is 23.8. The van der Waals surface area contributed by atoms with Crippen molar-refractivity contribution in [1.29, 1.82) is 0 Å². The maximum Gasteiger partial charge on any atom is 0.323 e. The summed E-state index contributed by atoms with van der Waals surface area (Å²) in [4.78, 5) is 22.7. The predicted octanol–water partition coefficient (Wildman–Crippen LogP) is 7.71. The Morgan fingerprint density at radius 3 is 2.06 bits per heavy atom. The van der Waals surface area contributed by atoms with Crippen molar-refractivity contribution in [2.24, 2.45) is 0 Å². The third-order valence-electron chi connectivity index (χ3n) is 5.54. The normalized spacial score (nSPS) is 11.1. The summed E-state index contributed by atoms with van der Waals surface area (Å²) in [5, 5.41) is 7.52. The van der Waals surface area contributed by atoms with E-state index in [0.29, 0.717) is 45.3 Å². The van der Waals surface area contributed by atoms with E-state index in [1.54, 1.807) is 18.6 Å². The molecule has 0 spiro atoms. The molecule has 0 atom stereocenters. The number of anilines is 2. The van der Waals surface area contributed by atoms with Gasteiger partial charge >= 0.3 is 6.03 Å². The van der Waals surface area contributed by atoms with Gasteiger partial charge in [0.15, 0.2) is 11.5 Å². The number of nitrogens with one attached hydrogen (secondary N) is 2. The second-order valence-corrected chi connectivity index (χ2v) is 8.71. The number of carbonyl (C=O) groups excluding carboxylic acids is 1. The van der Waals surface area contributed by atoms with Gasteiger partial charge in [0.25, 0.3) is 0 Å². The summed E-state index contributed by atoms with van der Waals surface area (Å²) in [7, 11) is 0. The molecule has 8 heteroatoms. The minimum Gasteiger partial charge on any atom is -0.463 e. The summed E-state index contributed by atoms with van der Waals surface area (Å²) in [6.07, 6.45) is 3.19. The van der Waals surface area contributed by atoms with Gasteiger partial charge in [0.1, 0.15) is 11.4 Å². The fourth-order valence-electron chi connectivity index (χ4n) is 3.98. The molecule has 170 valence electrons. The van der Waals surface area contributed by atoms with Crippen LogP contribution in [0.1, 0.15) is 0 Å². The molecule has 3 aromatic carbocycles. The third kappa shape index (κ3) is 4.04. The van der Waals surface area contributed by atoms with Gasteiger partial charge in [0, 0.05) is 20.9 Å². The Morgan fingerprint density at radius 2 is 1.40 bits per heavy atom. The van der Waals surface area contributed by atoms with E-state index >= 15 is 0 Å². The topological polar surface area (TPSA) is 93.2 Å². The number of hydrogen-bond acceptors (Lipinski definition) is 5. The quantitative estimate of drug-likeness (QED) is 0.230. The molecular weight excluding hydrogens is 508 g/mol. The number of carbonyl (C=O) groups is 1. The van der Waals surface area contributed by atoms with Crippen LogP contribution in [-0.2, 0) is 0 Å². The molecule has 2 amide bonds. The van der Waals surface area contributed by atoms with Crippen LogP contribution in [0, 0.1) is 0 Å². The van der Waals surface area contributed by atoms with Gasteiger partial charge in [-0.15, -0.1) is 0 Å². The number of fused-ring (bicyclic) bond motifs is 3. The number of halogens is 1. The van der Waals surface area contributed by atoms with Gasteiger partial charge < -0.3 is 19.5 Å². The molecule has 0 radical (unpaired) electrons. The van der Waals surface area contributed by atoms with E-state index in [0.717, 1.165) is 15.2 Å². The molecule has 2 N–H and O–H groups in total. The highest BCUT2D eigenvalue weighted by Gasteiger charge is 2.19. The van der Waals surface area contributed by atoms with E-state index < -0.39 is 0 Å². The second-order valence-electron chi connectivity index (χ2n) is 7.80. The highest BCUT2D eigenvalue weighted by atomic mass is 79.9. The summed E-state index contributed by atoms with van der Waals surface area (Å²) >= 11 is 3.40. The lowest BCUT2D eigenvalue weighted by Gasteiger charge is -2.14. The maximum absolute atomic E-state index is 12.8. The Hall–Kier alpha value is -4.43. The van der Waals surface area contributed by atoms with E-state index in [1.165, 1.54) is 0 Å². The third-order valence-corrected chi connectivity index (χ3v) is 6.06. The number of amides is 2. The molecule has 0 bridgehead atoms. The SMILES string of the molecule is O=C(Nc1ccc(Br)cc1)Nc1cc2nc(-c3ccco3)c(-c3ccco3)nc2c2ccccc12. The minimum atomic E-state index is -0.358. The molecule has 6 rings (SSSR count). The van der Waals surface area contributed by atoms with Crippen LogP contribution in [0.3, 0.4) is 0 Å². The van der Waals surface area contributed by atoms with Crippen molar-refractivity contribution < 1.29 is 13.6 Å². The lowest BCUT2D eigenvalue weighted by molar-refractivity contribution is 0.262. The Morgan fingerprint density at radius 1 is 0.743 bits per heavy atom. The van der Waals surface area contributed by atoms with Crippen molar-refractivity contribution in [1.82, 2.24) is 9.97 Å². The molecule has 3 heterocycles. The largest absolute Gasteiger partial charge is 0.463 e. The first-order valence-corrected chi connectivity index (χ1v) is 11.6. The minimum absolute atomic E-state index is 0.358. The molecule has 7 nitrogen and oxygen atoms in total. The van der Waals surface area contributed by atoms with Crippen LogP contribution in [0.4, 0.5) is 16.2 Å². The first-order chi connectivity index (χ1) is 17.2. The van der Waals surface area contributed by atoms with Crippen molar-refractivity contribution in [3.63, 3.8) is 0 Å². The molecule has 0 aliphatic heterocycles. The summed E-state index contributed by atoms with van der Waals surface area (Å²) in [5.41, 5.74) is 3.74. The zero-order valence-corrected chi connectivity index (χ0v) is 19.7. The molecule has 6 aromatic rings. The molecule has 0 saturated carbocycles. The van der Waals surface area contributed by atoms with Gasteiger partial charge in [-0.3, -0.25) is 0 Å². The fraction of sp³-hybridized carbons (Fsp3) is 0. The molecule has 35 heavy (non-hydrogen) atoms. The molecule has 3 aromatic heterocycles. The van der Waals surface area contributed by atoms with E-state index in [1.807, 2.05) is 72.8 Å². The van der Waals surface area contributed by atoms with Crippen LogP contribution in [-0.4, -0.2) is 16.0 Å². The first kappa shape index (κ1) is 21.1. The summed E-state index contributed by atoms with van der Waals surface area (Å²) in [5.74, 6) is 1.16. The van der Waals surface area contributed by atoms with Crippen LogP contribution in [0.5, 0.6) is 0 Å². The van der Waals surface area contributed by atoms with Gasteiger partial charge in [0.2, 0.25) is 0 Å². The number of urea groups is 1. The Bertz CT molecular complexity index is 1660. The Labute approximate surface area is 207 Å². The van der Waals surface area contributed by atoms with Gasteiger partial charge in [-0.25, -0.2) is 14.8 Å². The average Bonchev–Trinajstić information content (AvgIpc) is 3.60. The number of hydrogen-bond donors (Lipinski definition) is 2. The number of aromatic nitrogens is 2. The highest BCUT2D eigenvalue weighted by molar-refractivity contribution is 9.10. The van der Waals surface area contributed by atoms with Gasteiger partial charge in [0.05, 0.1) is 29.2 Å². The van der Waals surface area contributed by atoms with Crippen molar-refractivity contribution in [2.75, 3.05) is 10.6 Å². The van der Waals surface area contributed by atoms with E-state index in [4.69, 9.17) is 18.8 Å². The average molecular weight is 525 g/mol. The Balaban J connectivity index is 1.49. The smallest absolute Gasteiger partial charge is 0.323 e. The van der Waals surface area contributed by atoms with Gasteiger partial charge in [-0.05, 0) is 54.6 Å².